The van der Waals surface area contributed by atoms with Gasteiger partial charge in [0.1, 0.15) is 6.10 Å². The van der Waals surface area contributed by atoms with Gasteiger partial charge < -0.3 is 15.3 Å². The molecule has 0 bridgehead atoms. The van der Waals surface area contributed by atoms with Gasteiger partial charge in [0.2, 0.25) is 0 Å². The topological polar surface area (TPSA) is 86.5 Å². The van der Waals surface area contributed by atoms with Crippen LogP contribution < -0.4 is 0 Å². The molecule has 90 valence electrons. The molecule has 1 aromatic heterocycles. The van der Waals surface area contributed by atoms with Crippen LogP contribution in [-0.4, -0.2) is 44.1 Å². The minimum atomic E-state index is -1.15. The lowest BCUT2D eigenvalue weighted by Gasteiger charge is -2.14. The van der Waals surface area contributed by atoms with Gasteiger partial charge >= 0.3 is 0 Å². The fraction of sp³-hybridized carbons (Fsp3) is 0.333. The molecule has 0 radical (unpaired) electrons. The van der Waals surface area contributed by atoms with Crippen LogP contribution in [0.15, 0.2) is 30.5 Å². The fourth-order valence-corrected chi connectivity index (χ4v) is 1.57. The molecule has 0 aliphatic rings. The summed E-state index contributed by atoms with van der Waals surface area (Å²) >= 11 is 0. The van der Waals surface area contributed by atoms with Crippen molar-refractivity contribution in [1.82, 2.24) is 9.97 Å². The van der Waals surface area contributed by atoms with Gasteiger partial charge in [-0.3, -0.25) is 4.98 Å². The highest BCUT2D eigenvalue weighted by Crippen LogP contribution is 2.10. The third kappa shape index (κ3) is 2.76. The van der Waals surface area contributed by atoms with E-state index in [0.717, 1.165) is 11.0 Å². The summed E-state index contributed by atoms with van der Waals surface area (Å²) in [6.07, 6.45) is -0.450. The lowest BCUT2D eigenvalue weighted by Crippen LogP contribution is -2.31. The molecule has 1 heterocycles. The maximum atomic E-state index is 9.57. The van der Waals surface area contributed by atoms with Gasteiger partial charge in [-0.2, -0.15) is 0 Å². The second-order valence-corrected chi connectivity index (χ2v) is 3.87. The normalized spacial score (nSPS) is 14.8. The van der Waals surface area contributed by atoms with Crippen LogP contribution in [0.4, 0.5) is 0 Å². The quantitative estimate of drug-likeness (QED) is 0.687. The minimum Gasteiger partial charge on any atom is -0.394 e. The standard InChI is InChI=1S/C12H14N2O3/c15-7-12(17)11(16)5-8-6-13-9-3-1-2-4-10(9)14-8/h1-4,6,11-12,15-17H,5,7H2. The Labute approximate surface area is 98.4 Å². The maximum absolute atomic E-state index is 9.57. The number of aromatic nitrogens is 2. The summed E-state index contributed by atoms with van der Waals surface area (Å²) in [5, 5.41) is 27.5. The Morgan fingerprint density at radius 1 is 1.06 bits per heavy atom. The number of hydrogen-bond donors (Lipinski definition) is 3. The molecular formula is C12H14N2O3. The van der Waals surface area contributed by atoms with Gasteiger partial charge in [0.05, 0.1) is 29.4 Å². The van der Waals surface area contributed by atoms with E-state index in [1.54, 1.807) is 6.20 Å². The van der Waals surface area contributed by atoms with Gasteiger partial charge in [-0.05, 0) is 12.1 Å². The first-order valence-electron chi connectivity index (χ1n) is 5.38. The molecule has 0 aliphatic carbocycles. The molecule has 17 heavy (non-hydrogen) atoms. The van der Waals surface area contributed by atoms with Gasteiger partial charge in [-0.15, -0.1) is 0 Å². The zero-order valence-electron chi connectivity index (χ0n) is 9.19. The number of aliphatic hydroxyl groups is 3. The maximum Gasteiger partial charge on any atom is 0.103 e. The van der Waals surface area contributed by atoms with Crippen LogP contribution in [0.25, 0.3) is 11.0 Å². The van der Waals surface area contributed by atoms with Gasteiger partial charge in [0.15, 0.2) is 0 Å². The highest BCUT2D eigenvalue weighted by atomic mass is 16.4. The minimum absolute atomic E-state index is 0.166. The lowest BCUT2D eigenvalue weighted by molar-refractivity contribution is -0.0136. The predicted octanol–water partition coefficient (Wildman–Crippen LogP) is -0.114. The first-order valence-corrected chi connectivity index (χ1v) is 5.38. The van der Waals surface area contributed by atoms with Crippen LogP contribution >= 0.6 is 0 Å². The van der Waals surface area contributed by atoms with Crippen molar-refractivity contribution < 1.29 is 15.3 Å². The summed E-state index contributed by atoms with van der Waals surface area (Å²) in [7, 11) is 0. The van der Waals surface area contributed by atoms with Crippen molar-refractivity contribution >= 4 is 11.0 Å². The molecule has 2 atom stereocenters. The van der Waals surface area contributed by atoms with Crippen LogP contribution in [0.5, 0.6) is 0 Å². The molecular weight excluding hydrogens is 220 g/mol. The fourth-order valence-electron chi connectivity index (χ4n) is 1.57. The summed E-state index contributed by atoms with van der Waals surface area (Å²) in [6, 6.07) is 7.42. The Hall–Kier alpha value is -1.56. The Balaban J connectivity index is 2.19. The van der Waals surface area contributed by atoms with E-state index in [1.807, 2.05) is 24.3 Å². The van der Waals surface area contributed by atoms with Crippen molar-refractivity contribution in [2.45, 2.75) is 18.6 Å². The number of para-hydroxylation sites is 2. The third-order valence-electron chi connectivity index (χ3n) is 2.55. The van der Waals surface area contributed by atoms with E-state index in [2.05, 4.69) is 9.97 Å². The van der Waals surface area contributed by atoms with Crippen molar-refractivity contribution in [3.63, 3.8) is 0 Å². The average Bonchev–Trinajstić information content (AvgIpc) is 2.37. The molecule has 1 aromatic carbocycles. The van der Waals surface area contributed by atoms with Crippen molar-refractivity contribution in [1.29, 1.82) is 0 Å². The van der Waals surface area contributed by atoms with E-state index >= 15 is 0 Å². The van der Waals surface area contributed by atoms with Gasteiger partial charge in [0.25, 0.3) is 0 Å². The molecule has 5 heteroatoms. The van der Waals surface area contributed by atoms with Crippen LogP contribution in [0.2, 0.25) is 0 Å². The number of fused-ring (bicyclic) bond motifs is 1. The molecule has 0 amide bonds. The van der Waals surface area contributed by atoms with Crippen molar-refractivity contribution in [3.8, 4) is 0 Å². The number of benzene rings is 1. The van der Waals surface area contributed by atoms with Crippen LogP contribution in [0, 0.1) is 0 Å². The first kappa shape index (κ1) is 11.9. The van der Waals surface area contributed by atoms with Gasteiger partial charge in [-0.25, -0.2) is 4.98 Å². The molecule has 2 aromatic rings. The molecule has 5 nitrogen and oxygen atoms in total. The van der Waals surface area contributed by atoms with Crippen molar-refractivity contribution in [2.75, 3.05) is 6.61 Å². The zero-order valence-corrected chi connectivity index (χ0v) is 9.19. The van der Waals surface area contributed by atoms with E-state index in [1.165, 1.54) is 0 Å². The predicted molar refractivity (Wildman–Crippen MR) is 62.3 cm³/mol. The largest absolute Gasteiger partial charge is 0.394 e. The molecule has 3 N–H and O–H groups in total. The Bertz CT molecular complexity index is 504. The van der Waals surface area contributed by atoms with Gasteiger partial charge in [-0.1, -0.05) is 12.1 Å². The molecule has 0 saturated heterocycles. The van der Waals surface area contributed by atoms with E-state index in [9.17, 15) is 10.2 Å². The molecule has 0 fully saturated rings. The first-order chi connectivity index (χ1) is 8.20. The average molecular weight is 234 g/mol. The second-order valence-electron chi connectivity index (χ2n) is 3.87. The number of nitrogens with zero attached hydrogens (tertiary/aromatic N) is 2. The zero-order chi connectivity index (χ0) is 12.3. The third-order valence-corrected chi connectivity index (χ3v) is 2.55. The van der Waals surface area contributed by atoms with Crippen LogP contribution in [0.1, 0.15) is 5.69 Å². The van der Waals surface area contributed by atoms with E-state index in [4.69, 9.17) is 5.11 Å². The SMILES string of the molecule is OCC(O)C(O)Cc1cnc2ccccc2n1. The molecule has 2 rings (SSSR count). The number of hydrogen-bond acceptors (Lipinski definition) is 5. The van der Waals surface area contributed by atoms with Crippen molar-refractivity contribution in [3.05, 3.63) is 36.2 Å². The Morgan fingerprint density at radius 3 is 2.47 bits per heavy atom. The number of rotatable bonds is 4. The summed E-state index contributed by atoms with van der Waals surface area (Å²) in [5.74, 6) is 0. The Morgan fingerprint density at radius 2 is 1.76 bits per heavy atom. The highest BCUT2D eigenvalue weighted by molar-refractivity contribution is 5.73. The molecule has 0 spiro atoms. The van der Waals surface area contributed by atoms with Crippen molar-refractivity contribution in [2.24, 2.45) is 0 Å². The molecule has 0 saturated carbocycles. The molecule has 0 aliphatic heterocycles. The summed E-state index contributed by atoms with van der Waals surface area (Å²) < 4.78 is 0. The lowest BCUT2D eigenvalue weighted by atomic mass is 10.1. The van der Waals surface area contributed by atoms with Crippen LogP contribution in [-0.2, 0) is 6.42 Å². The number of aliphatic hydroxyl groups excluding tert-OH is 3. The van der Waals surface area contributed by atoms with Crippen LogP contribution in [0.3, 0.4) is 0 Å². The smallest absolute Gasteiger partial charge is 0.103 e. The summed E-state index contributed by atoms with van der Waals surface area (Å²) in [5.41, 5.74) is 2.12. The van der Waals surface area contributed by atoms with Gasteiger partial charge in [0, 0.05) is 12.6 Å². The van der Waals surface area contributed by atoms with E-state index in [0.29, 0.717) is 5.69 Å². The highest BCUT2D eigenvalue weighted by Gasteiger charge is 2.16. The van der Waals surface area contributed by atoms with E-state index in [-0.39, 0.29) is 6.42 Å². The Kier molecular flexibility index (Phi) is 3.63. The monoisotopic (exact) mass is 234 g/mol. The summed E-state index contributed by atoms with van der Waals surface area (Å²) in [6.45, 7) is -0.470. The van der Waals surface area contributed by atoms with E-state index < -0.39 is 18.8 Å². The summed E-state index contributed by atoms with van der Waals surface area (Å²) in [4.78, 5) is 8.52. The molecule has 2 unspecified atom stereocenters. The second kappa shape index (κ2) is 5.18.